The number of aryl methyl sites for hydroxylation is 2. The number of carbonyl (C=O) groups is 2. The molecule has 0 saturated carbocycles. The van der Waals surface area contributed by atoms with Crippen LogP contribution >= 0.6 is 0 Å². The number of nitrogens with zero attached hydrogens (tertiary/aromatic N) is 5. The highest BCUT2D eigenvalue weighted by Crippen LogP contribution is 2.40. The van der Waals surface area contributed by atoms with Crippen molar-refractivity contribution in [1.29, 1.82) is 5.41 Å². The van der Waals surface area contributed by atoms with Crippen LogP contribution in [0.25, 0.3) is 33.2 Å². The van der Waals surface area contributed by atoms with Crippen LogP contribution in [0.2, 0.25) is 0 Å². The maximum Gasteiger partial charge on any atom is 0.325 e. The van der Waals surface area contributed by atoms with E-state index in [4.69, 9.17) is 21.0 Å². The zero-order chi connectivity index (χ0) is 44.9. The first-order chi connectivity index (χ1) is 30.2. The second-order valence-corrected chi connectivity index (χ2v) is 16.9. The van der Waals surface area contributed by atoms with Crippen molar-refractivity contribution in [2.75, 3.05) is 18.0 Å². The first kappa shape index (κ1) is 43.1. The number of phenolic OH excluding ortho intramolecular Hbond substituents is 2. The molecule has 8 rings (SSSR count). The minimum atomic E-state index is -1.90. The SMILES string of the molecule is CCc1c2c(nc3ccc(ON4CCC(CCn5ccc6cc(N(C(=N)c7cc(C(C)C)c(O)cc7O)C(N)=O)ccc65)CC4)cc13)-c1cc(C(O)(C=O)CC)c(CO)c(=O)n1C2. The number of aromatic hydroxyl groups is 2. The average Bonchev–Trinajstić information content (AvgIpc) is 3.85. The van der Waals surface area contributed by atoms with Crippen LogP contribution in [0.4, 0.5) is 10.5 Å². The van der Waals surface area contributed by atoms with Gasteiger partial charge in [-0.05, 0) is 110 Å². The van der Waals surface area contributed by atoms with Gasteiger partial charge in [-0.2, -0.15) is 0 Å². The van der Waals surface area contributed by atoms with Gasteiger partial charge >= 0.3 is 6.03 Å². The lowest BCUT2D eigenvalue weighted by molar-refractivity contribution is -0.125. The van der Waals surface area contributed by atoms with E-state index < -0.39 is 23.8 Å². The van der Waals surface area contributed by atoms with E-state index in [9.17, 15) is 34.8 Å². The third-order valence-corrected chi connectivity index (χ3v) is 12.9. The largest absolute Gasteiger partial charge is 0.508 e. The zero-order valence-electron chi connectivity index (χ0n) is 35.9. The number of nitrogens with two attached hydrogens (primary N) is 1. The lowest BCUT2D eigenvalue weighted by Gasteiger charge is -2.31. The molecule has 0 aliphatic carbocycles. The number of pyridine rings is 2. The molecule has 0 radical (unpaired) electrons. The molecule has 2 aliphatic heterocycles. The number of aromatic nitrogens is 3. The van der Waals surface area contributed by atoms with E-state index >= 15 is 0 Å². The van der Waals surface area contributed by atoms with Gasteiger partial charge in [-0.25, -0.2) is 14.7 Å². The molecule has 0 bridgehead atoms. The number of hydroxylamine groups is 2. The number of phenols is 2. The Hall–Kier alpha value is -6.55. The molecule has 6 aromatic rings. The standard InChI is InChI=1S/C48H53N7O8/c1-5-32-34-20-31(8-9-39(34)51-44-36(32)24-54-41(44)22-38(37(25-56)46(54)60)48(62,6-2)26-57)63-53-17-12-28(13-18-53)11-15-52-16-14-29-19-30(7-10-40(29)52)55(47(50)61)45(49)35-21-33(27(3)4)42(58)23-43(35)59/h7-10,14,16,19-23,26-28,49,56,58-59,62H,5-6,11-13,15,17-18,24-25H2,1-4H3,(H2,50,61). The van der Waals surface area contributed by atoms with Crippen LogP contribution in [0.1, 0.15) is 92.7 Å². The highest BCUT2D eigenvalue weighted by atomic mass is 16.7. The number of amidine groups is 1. The molecule has 1 saturated heterocycles. The summed E-state index contributed by atoms with van der Waals surface area (Å²) in [5.41, 5.74) is 9.31. The number of hydrogen-bond acceptors (Lipinski definition) is 11. The second-order valence-electron chi connectivity index (χ2n) is 16.9. The van der Waals surface area contributed by atoms with Crippen LogP contribution in [0.5, 0.6) is 17.2 Å². The van der Waals surface area contributed by atoms with E-state index in [1.165, 1.54) is 12.1 Å². The predicted molar refractivity (Wildman–Crippen MR) is 240 cm³/mol. The minimum absolute atomic E-state index is 0.00306. The average molecular weight is 856 g/mol. The van der Waals surface area contributed by atoms with E-state index in [0.717, 1.165) is 76.7 Å². The number of primary amides is 1. The van der Waals surface area contributed by atoms with Crippen LogP contribution in [0.3, 0.4) is 0 Å². The summed E-state index contributed by atoms with van der Waals surface area (Å²) >= 11 is 0. The number of aliphatic hydroxyl groups excluding tert-OH is 1. The highest BCUT2D eigenvalue weighted by molar-refractivity contribution is 6.22. The Kier molecular flexibility index (Phi) is 11.6. The number of aldehydes is 1. The Balaban J connectivity index is 0.925. The van der Waals surface area contributed by atoms with Gasteiger partial charge in [0.15, 0.2) is 6.29 Å². The van der Waals surface area contributed by atoms with E-state index in [1.54, 1.807) is 29.7 Å². The van der Waals surface area contributed by atoms with Gasteiger partial charge < -0.3 is 40.1 Å². The van der Waals surface area contributed by atoms with Crippen LogP contribution in [0.15, 0.2) is 71.7 Å². The smallest absolute Gasteiger partial charge is 0.325 e. The van der Waals surface area contributed by atoms with E-state index in [1.807, 2.05) is 55.4 Å². The Labute approximate surface area is 364 Å². The summed E-state index contributed by atoms with van der Waals surface area (Å²) in [7, 11) is 0. The number of urea groups is 1. The van der Waals surface area contributed by atoms with Crippen molar-refractivity contribution < 1.29 is 34.9 Å². The molecule has 7 N–H and O–H groups in total. The molecule has 15 nitrogen and oxygen atoms in total. The van der Waals surface area contributed by atoms with Gasteiger partial charge in [0.05, 0.1) is 41.3 Å². The lowest BCUT2D eigenvalue weighted by Crippen LogP contribution is -2.41. The van der Waals surface area contributed by atoms with Crippen LogP contribution in [0, 0.1) is 11.3 Å². The maximum absolute atomic E-state index is 13.6. The first-order valence-electron chi connectivity index (χ1n) is 21.5. The Morgan fingerprint density at radius 3 is 2.48 bits per heavy atom. The number of fused-ring (bicyclic) bond motifs is 5. The van der Waals surface area contributed by atoms with Crippen molar-refractivity contribution in [1.82, 2.24) is 19.2 Å². The summed E-state index contributed by atoms with van der Waals surface area (Å²) in [4.78, 5) is 50.8. The molecule has 3 aromatic heterocycles. The van der Waals surface area contributed by atoms with Crippen molar-refractivity contribution in [3.63, 3.8) is 0 Å². The third kappa shape index (κ3) is 7.70. The molecule has 2 amide bonds. The lowest BCUT2D eigenvalue weighted by atomic mass is 9.89. The van der Waals surface area contributed by atoms with Crippen LogP contribution in [-0.4, -0.2) is 70.8 Å². The summed E-state index contributed by atoms with van der Waals surface area (Å²) in [6, 6.07) is 16.7. The molecule has 15 heteroatoms. The zero-order valence-corrected chi connectivity index (χ0v) is 35.9. The fraction of sp³-hybridized carbons (Fsp3) is 0.354. The third-order valence-electron chi connectivity index (χ3n) is 12.9. The Bertz CT molecular complexity index is 2860. The normalized spacial score (nSPS) is 15.1. The molecule has 0 spiro atoms. The molecule has 1 fully saturated rings. The number of hydrogen-bond donors (Lipinski definition) is 6. The number of rotatable bonds is 13. The van der Waals surface area contributed by atoms with Crippen molar-refractivity contribution in [2.24, 2.45) is 11.7 Å². The summed E-state index contributed by atoms with van der Waals surface area (Å²) in [6.07, 6.45) is 6.02. The molecule has 3 aromatic carbocycles. The number of aliphatic hydroxyl groups is 2. The summed E-state index contributed by atoms with van der Waals surface area (Å²) in [6.45, 7) is 9.43. The summed E-state index contributed by atoms with van der Waals surface area (Å²) in [5.74, 6) is 0.375. The molecular weight excluding hydrogens is 803 g/mol. The first-order valence-corrected chi connectivity index (χ1v) is 21.5. The molecule has 2 aliphatic rings. The van der Waals surface area contributed by atoms with Crippen molar-refractivity contribution in [3.8, 4) is 28.6 Å². The highest BCUT2D eigenvalue weighted by Gasteiger charge is 2.35. The van der Waals surface area contributed by atoms with Gasteiger partial charge in [0.2, 0.25) is 0 Å². The molecule has 5 heterocycles. The number of piperidine rings is 1. The molecular formula is C48H53N7O8. The van der Waals surface area contributed by atoms with Gasteiger partial charge in [0.25, 0.3) is 5.56 Å². The quantitative estimate of drug-likeness (QED) is 0.0406. The summed E-state index contributed by atoms with van der Waals surface area (Å²) in [5, 5.41) is 54.8. The fourth-order valence-corrected chi connectivity index (χ4v) is 9.28. The van der Waals surface area contributed by atoms with Gasteiger partial charge in [-0.15, -0.1) is 5.06 Å². The van der Waals surface area contributed by atoms with Gasteiger partial charge in [-0.3, -0.25) is 15.0 Å². The van der Waals surface area contributed by atoms with Crippen molar-refractivity contribution in [2.45, 2.75) is 91.0 Å². The van der Waals surface area contributed by atoms with E-state index in [2.05, 4.69) is 11.5 Å². The maximum atomic E-state index is 13.6. The predicted octanol–water partition coefficient (Wildman–Crippen LogP) is 6.77. The van der Waals surface area contributed by atoms with Crippen LogP contribution < -0.4 is 21.0 Å². The molecule has 63 heavy (non-hydrogen) atoms. The number of amides is 2. The minimum Gasteiger partial charge on any atom is -0.508 e. The summed E-state index contributed by atoms with van der Waals surface area (Å²) < 4.78 is 3.75. The van der Waals surface area contributed by atoms with Crippen molar-refractivity contribution in [3.05, 3.63) is 111 Å². The van der Waals surface area contributed by atoms with Gasteiger partial charge in [-0.1, -0.05) is 27.7 Å². The van der Waals surface area contributed by atoms with Gasteiger partial charge in [0, 0.05) is 64.9 Å². The Morgan fingerprint density at radius 2 is 1.81 bits per heavy atom. The topological polar surface area (TPSA) is 220 Å². The number of carbonyl (C=O) groups excluding carboxylic acids is 2. The van der Waals surface area contributed by atoms with E-state index in [-0.39, 0.29) is 52.9 Å². The van der Waals surface area contributed by atoms with Crippen LogP contribution in [-0.2, 0) is 36.5 Å². The second kappa shape index (κ2) is 17.0. The molecule has 328 valence electrons. The van der Waals surface area contributed by atoms with E-state index in [0.29, 0.717) is 47.0 Å². The number of anilines is 1. The van der Waals surface area contributed by atoms with Crippen molar-refractivity contribution >= 4 is 45.6 Å². The monoisotopic (exact) mass is 855 g/mol. The fourth-order valence-electron chi connectivity index (χ4n) is 9.28. The van der Waals surface area contributed by atoms with Gasteiger partial charge in [0.1, 0.15) is 28.7 Å². The molecule has 1 atom stereocenters. The molecule has 1 unspecified atom stereocenters. The number of benzene rings is 3. The number of nitrogens with one attached hydrogen (secondary N) is 1. The Morgan fingerprint density at radius 1 is 1.05 bits per heavy atom.